The number of nitrogens with one attached hydrogen (secondary N) is 1. The van der Waals surface area contributed by atoms with Crippen molar-refractivity contribution in [3.05, 3.63) is 69.4 Å². The normalized spacial score (nSPS) is 12.6. The summed E-state index contributed by atoms with van der Waals surface area (Å²) >= 11 is 3.56. The maximum atomic E-state index is 14.1. The van der Waals surface area contributed by atoms with E-state index in [0.717, 1.165) is 5.65 Å². The molecule has 0 aliphatic heterocycles. The van der Waals surface area contributed by atoms with E-state index < -0.39 is 24.0 Å². The monoisotopic (exact) mass is 515 g/mol. The van der Waals surface area contributed by atoms with Crippen molar-refractivity contribution < 1.29 is 27.9 Å². The van der Waals surface area contributed by atoms with Gasteiger partial charge in [-0.3, -0.25) is 9.36 Å². The van der Waals surface area contributed by atoms with Gasteiger partial charge in [0.05, 0.1) is 12.2 Å². The highest BCUT2D eigenvalue weighted by Gasteiger charge is 2.53. The second kappa shape index (κ2) is 7.51. The van der Waals surface area contributed by atoms with Gasteiger partial charge >= 0.3 is 13.3 Å². The largest absolute Gasteiger partial charge is 0.400 e. The number of halogens is 3. The molecule has 0 fully saturated rings. The minimum Gasteiger partial charge on any atom is -0.346 e. The molecule has 0 radical (unpaired) electrons. The third kappa shape index (κ3) is 3.67. The third-order valence-corrected chi connectivity index (χ3v) is 7.81. The molecular weight excluding hydrogens is 503 g/mol. The van der Waals surface area contributed by atoms with Gasteiger partial charge in [0.1, 0.15) is 10.5 Å². The molecule has 3 N–H and O–H groups in total. The zero-order valence-electron chi connectivity index (χ0n) is 14.9. The Balaban J connectivity index is 1.59. The third-order valence-electron chi connectivity index (χ3n) is 4.37. The van der Waals surface area contributed by atoms with Crippen molar-refractivity contribution in [2.24, 2.45) is 0 Å². The number of imidazole rings is 1. The van der Waals surface area contributed by atoms with Crippen LogP contribution in [0, 0.1) is 0 Å². The van der Waals surface area contributed by atoms with Gasteiger partial charge in [0, 0.05) is 32.5 Å². The van der Waals surface area contributed by atoms with Crippen molar-refractivity contribution in [1.82, 2.24) is 14.7 Å². The van der Waals surface area contributed by atoms with E-state index >= 15 is 0 Å². The Morgan fingerprint density at radius 2 is 2.07 bits per heavy atom. The van der Waals surface area contributed by atoms with Crippen LogP contribution < -0.4 is 5.32 Å². The highest BCUT2D eigenvalue weighted by atomic mass is 79.9. The summed E-state index contributed by atoms with van der Waals surface area (Å²) in [5.41, 5.74) is -2.73. The summed E-state index contributed by atoms with van der Waals surface area (Å²) in [7, 11) is -5.70. The van der Waals surface area contributed by atoms with Crippen molar-refractivity contribution in [3.8, 4) is 0 Å². The van der Waals surface area contributed by atoms with Gasteiger partial charge in [-0.25, -0.2) is 4.98 Å². The van der Waals surface area contributed by atoms with Crippen LogP contribution in [0.25, 0.3) is 15.7 Å². The summed E-state index contributed by atoms with van der Waals surface area (Å²) in [6.07, 6.45) is 3.62. The van der Waals surface area contributed by atoms with E-state index in [1.54, 1.807) is 6.20 Å². The van der Waals surface area contributed by atoms with Crippen LogP contribution in [-0.4, -0.2) is 25.1 Å². The van der Waals surface area contributed by atoms with Gasteiger partial charge in [-0.15, -0.1) is 11.3 Å². The predicted octanol–water partition coefficient (Wildman–Crippen LogP) is 4.47. The number of pyridine rings is 1. The number of benzene rings is 1. The van der Waals surface area contributed by atoms with Crippen molar-refractivity contribution in [1.29, 1.82) is 0 Å². The standard InChI is InChI=1S/C18H13BrF2N3O4PS/c19-15-12-7-10(4-5-13(12)30-16(15)18(20,21)29(26,27)28)17(25)22-8-11-9-24-6-2-1-3-14(24)23-11/h1-7,9H,8H2,(H,22,25)(H2,26,27,28). The molecule has 0 saturated heterocycles. The SMILES string of the molecule is O=C(NCc1cn2ccccc2n1)c1ccc2sc(C(F)(F)P(=O)(O)O)c(Br)c2c1. The summed E-state index contributed by atoms with van der Waals surface area (Å²) in [6, 6.07) is 9.86. The van der Waals surface area contributed by atoms with Gasteiger partial charge in [-0.05, 0) is 46.3 Å². The smallest absolute Gasteiger partial charge is 0.346 e. The van der Waals surface area contributed by atoms with Gasteiger partial charge < -0.3 is 19.5 Å². The first-order valence-electron chi connectivity index (χ1n) is 8.45. The average Bonchev–Trinajstić information content (AvgIpc) is 3.26. The van der Waals surface area contributed by atoms with E-state index in [2.05, 4.69) is 26.2 Å². The van der Waals surface area contributed by atoms with Crippen LogP contribution in [0.1, 0.15) is 20.9 Å². The first-order chi connectivity index (χ1) is 14.1. The fourth-order valence-electron chi connectivity index (χ4n) is 2.88. The zero-order chi connectivity index (χ0) is 21.7. The van der Waals surface area contributed by atoms with Gasteiger partial charge in [0.15, 0.2) is 0 Å². The Morgan fingerprint density at radius 3 is 2.77 bits per heavy atom. The van der Waals surface area contributed by atoms with Gasteiger partial charge in [0.2, 0.25) is 0 Å². The number of fused-ring (bicyclic) bond motifs is 2. The van der Waals surface area contributed by atoms with Crippen molar-refractivity contribution in [2.45, 2.75) is 12.2 Å². The molecule has 30 heavy (non-hydrogen) atoms. The van der Waals surface area contributed by atoms with Gasteiger partial charge in [-0.1, -0.05) is 6.07 Å². The Morgan fingerprint density at radius 1 is 1.30 bits per heavy atom. The lowest BCUT2D eigenvalue weighted by molar-refractivity contribution is 0.0595. The molecule has 3 heterocycles. The van der Waals surface area contributed by atoms with Gasteiger partial charge in [0.25, 0.3) is 5.91 Å². The number of aromatic nitrogens is 2. The fraction of sp³-hybridized carbons (Fsp3) is 0.111. The maximum Gasteiger partial charge on any atom is 0.400 e. The molecule has 0 saturated carbocycles. The molecule has 0 spiro atoms. The summed E-state index contributed by atoms with van der Waals surface area (Å²) in [4.78, 5) is 34.1. The zero-order valence-corrected chi connectivity index (χ0v) is 18.2. The Kier molecular flexibility index (Phi) is 5.27. The molecule has 3 aromatic heterocycles. The topological polar surface area (TPSA) is 104 Å². The number of rotatable bonds is 5. The van der Waals surface area contributed by atoms with E-state index in [1.165, 1.54) is 18.2 Å². The van der Waals surface area contributed by atoms with E-state index in [4.69, 9.17) is 9.79 Å². The quantitative estimate of drug-likeness (QED) is 0.340. The lowest BCUT2D eigenvalue weighted by Crippen LogP contribution is -2.22. The predicted molar refractivity (Wildman–Crippen MR) is 112 cm³/mol. The van der Waals surface area contributed by atoms with Crippen molar-refractivity contribution in [2.75, 3.05) is 0 Å². The molecular formula is C18H13BrF2N3O4PS. The second-order valence-corrected chi connectivity index (χ2v) is 9.92. The molecule has 0 atom stereocenters. The lowest BCUT2D eigenvalue weighted by atomic mass is 10.1. The van der Waals surface area contributed by atoms with Crippen LogP contribution >= 0.6 is 34.9 Å². The summed E-state index contributed by atoms with van der Waals surface area (Å²) in [5, 5.41) is 2.99. The molecule has 12 heteroatoms. The van der Waals surface area contributed by atoms with Crippen LogP contribution in [-0.2, 0) is 16.8 Å². The summed E-state index contributed by atoms with van der Waals surface area (Å²) in [5.74, 6) is -0.435. The van der Waals surface area contributed by atoms with Gasteiger partial charge in [-0.2, -0.15) is 8.78 Å². The fourth-order valence-corrected chi connectivity index (χ4v) is 5.80. The molecule has 7 nitrogen and oxygen atoms in total. The first-order valence-corrected chi connectivity index (χ1v) is 11.7. The molecule has 0 bridgehead atoms. The van der Waals surface area contributed by atoms with E-state index in [9.17, 15) is 18.1 Å². The highest BCUT2D eigenvalue weighted by molar-refractivity contribution is 9.10. The number of carbonyl (C=O) groups excluding carboxylic acids is 1. The van der Waals surface area contributed by atoms with E-state index in [1.807, 2.05) is 28.8 Å². The molecule has 4 aromatic rings. The summed E-state index contributed by atoms with van der Waals surface area (Å²) < 4.78 is 41.5. The minimum absolute atomic E-state index is 0.147. The van der Waals surface area contributed by atoms with Crippen LogP contribution in [0.5, 0.6) is 0 Å². The van der Waals surface area contributed by atoms with Crippen LogP contribution in [0.15, 0.2) is 53.3 Å². The van der Waals surface area contributed by atoms with Crippen LogP contribution in [0.3, 0.4) is 0 Å². The number of thiophene rings is 1. The molecule has 0 aliphatic carbocycles. The highest BCUT2D eigenvalue weighted by Crippen LogP contribution is 2.62. The Bertz CT molecular complexity index is 1300. The number of alkyl halides is 2. The van der Waals surface area contributed by atoms with E-state index in [0.29, 0.717) is 21.7 Å². The first kappa shape index (κ1) is 21.1. The van der Waals surface area contributed by atoms with E-state index in [-0.39, 0.29) is 22.0 Å². The Hall–Kier alpha value is -2.17. The van der Waals surface area contributed by atoms with Crippen molar-refractivity contribution in [3.63, 3.8) is 0 Å². The molecule has 4 rings (SSSR count). The molecule has 0 unspecified atom stereocenters. The molecule has 1 aromatic carbocycles. The van der Waals surface area contributed by atoms with Crippen LogP contribution in [0.4, 0.5) is 8.78 Å². The summed E-state index contributed by atoms with van der Waals surface area (Å²) in [6.45, 7) is 0.172. The average molecular weight is 516 g/mol. The number of hydrogen-bond acceptors (Lipinski definition) is 4. The molecule has 0 aliphatic rings. The van der Waals surface area contributed by atoms with Crippen LogP contribution in [0.2, 0.25) is 0 Å². The molecule has 1 amide bonds. The maximum absolute atomic E-state index is 14.1. The van der Waals surface area contributed by atoms with Crippen molar-refractivity contribution >= 4 is 56.5 Å². The number of carbonyl (C=O) groups is 1. The minimum atomic E-state index is -5.70. The number of amides is 1. The Labute approximate surface area is 180 Å². The molecule has 156 valence electrons. The number of nitrogens with zero attached hydrogens (tertiary/aromatic N) is 2. The lowest BCUT2D eigenvalue weighted by Gasteiger charge is -2.16. The second-order valence-electron chi connectivity index (χ2n) is 6.42. The number of hydrogen-bond donors (Lipinski definition) is 3.